The van der Waals surface area contributed by atoms with Crippen LogP contribution in [0.5, 0.6) is 11.5 Å². The van der Waals surface area contributed by atoms with Crippen LogP contribution in [0.2, 0.25) is 0 Å². The van der Waals surface area contributed by atoms with E-state index in [-0.39, 0.29) is 11.8 Å². The number of aromatic nitrogens is 2. The monoisotopic (exact) mass is 434 g/mol. The molecule has 0 saturated heterocycles. The zero-order valence-electron chi connectivity index (χ0n) is 18.5. The number of benzene rings is 2. The molecule has 1 aromatic heterocycles. The fraction of sp³-hybridized carbons (Fsp3) is 0.292. The number of ether oxygens (including phenoxy) is 1. The lowest BCUT2D eigenvalue weighted by atomic mass is 9.94. The van der Waals surface area contributed by atoms with E-state index in [2.05, 4.69) is 15.5 Å². The third kappa shape index (κ3) is 3.91. The van der Waals surface area contributed by atoms with Gasteiger partial charge in [-0.3, -0.25) is 4.90 Å². The van der Waals surface area contributed by atoms with Gasteiger partial charge in [-0.1, -0.05) is 41.9 Å². The number of nitrogens with zero attached hydrogens (tertiary/aromatic N) is 3. The second kappa shape index (κ2) is 8.74. The number of carbonyl (C=O) groups is 1. The van der Waals surface area contributed by atoms with Crippen molar-refractivity contribution in [3.8, 4) is 22.9 Å². The van der Waals surface area contributed by atoms with E-state index in [0.717, 1.165) is 23.2 Å². The van der Waals surface area contributed by atoms with Gasteiger partial charge in [0.2, 0.25) is 5.82 Å². The first kappa shape index (κ1) is 21.4. The molecule has 0 aliphatic carbocycles. The van der Waals surface area contributed by atoms with Crippen molar-refractivity contribution in [2.24, 2.45) is 0 Å². The summed E-state index contributed by atoms with van der Waals surface area (Å²) < 4.78 is 10.8. The summed E-state index contributed by atoms with van der Waals surface area (Å²) in [6.07, 6.45) is 0.796. The van der Waals surface area contributed by atoms with Gasteiger partial charge >= 0.3 is 6.03 Å². The summed E-state index contributed by atoms with van der Waals surface area (Å²) in [4.78, 5) is 19.2. The lowest BCUT2D eigenvalue weighted by Gasteiger charge is -2.35. The molecular weight excluding hydrogens is 408 g/mol. The Kier molecular flexibility index (Phi) is 5.85. The summed E-state index contributed by atoms with van der Waals surface area (Å²) in [6, 6.07) is 12.1. The quantitative estimate of drug-likeness (QED) is 0.585. The summed E-state index contributed by atoms with van der Waals surface area (Å²) in [5.74, 6) is 1.13. The molecule has 2 amide bonds. The van der Waals surface area contributed by atoms with Crippen LogP contribution in [0.1, 0.15) is 43.3 Å². The van der Waals surface area contributed by atoms with Crippen molar-refractivity contribution in [3.63, 3.8) is 0 Å². The number of phenolic OH excluding ortho intramolecular Hbond substituents is 1. The molecule has 2 aromatic carbocycles. The standard InChI is InChI=1S/C24H26N4O4/c1-5-11-28-15(3)20(23-26-22(27-32-23)17-8-6-7-14(2)12-17)21(25-24(28)30)16-9-10-19(31-4)18(29)13-16/h6-10,12-13,21,29H,5,11H2,1-4H3,(H,25,30). The highest BCUT2D eigenvalue weighted by atomic mass is 16.5. The van der Waals surface area contributed by atoms with Crippen molar-refractivity contribution in [1.82, 2.24) is 20.4 Å². The Hall–Kier alpha value is -3.81. The van der Waals surface area contributed by atoms with E-state index in [1.54, 1.807) is 23.1 Å². The summed E-state index contributed by atoms with van der Waals surface area (Å²) in [5.41, 5.74) is 4.04. The minimum atomic E-state index is -0.571. The molecule has 0 spiro atoms. The molecule has 0 saturated carbocycles. The zero-order valence-corrected chi connectivity index (χ0v) is 18.5. The van der Waals surface area contributed by atoms with Crippen molar-refractivity contribution >= 4 is 11.6 Å². The van der Waals surface area contributed by atoms with Crippen LogP contribution in [-0.4, -0.2) is 39.8 Å². The molecule has 32 heavy (non-hydrogen) atoms. The Morgan fingerprint density at radius 1 is 1.22 bits per heavy atom. The van der Waals surface area contributed by atoms with E-state index in [4.69, 9.17) is 9.26 Å². The minimum absolute atomic E-state index is 0.0155. The van der Waals surface area contributed by atoms with Gasteiger partial charge in [-0.05, 0) is 44.0 Å². The molecular formula is C24H26N4O4. The molecule has 3 aromatic rings. The third-order valence-electron chi connectivity index (χ3n) is 5.51. The van der Waals surface area contributed by atoms with Crippen molar-refractivity contribution in [2.75, 3.05) is 13.7 Å². The predicted octanol–water partition coefficient (Wildman–Crippen LogP) is 4.67. The first-order chi connectivity index (χ1) is 15.4. The third-order valence-corrected chi connectivity index (χ3v) is 5.51. The zero-order chi connectivity index (χ0) is 22.8. The smallest absolute Gasteiger partial charge is 0.322 e. The van der Waals surface area contributed by atoms with Gasteiger partial charge in [-0.2, -0.15) is 4.98 Å². The number of urea groups is 1. The molecule has 0 radical (unpaired) electrons. The van der Waals surface area contributed by atoms with Crippen LogP contribution >= 0.6 is 0 Å². The largest absolute Gasteiger partial charge is 0.504 e. The minimum Gasteiger partial charge on any atom is -0.504 e. The lowest BCUT2D eigenvalue weighted by Crippen LogP contribution is -2.46. The molecule has 1 unspecified atom stereocenters. The molecule has 2 N–H and O–H groups in total. The highest BCUT2D eigenvalue weighted by Gasteiger charge is 2.35. The van der Waals surface area contributed by atoms with Gasteiger partial charge in [-0.15, -0.1) is 0 Å². The van der Waals surface area contributed by atoms with Gasteiger partial charge in [0.1, 0.15) is 0 Å². The maximum Gasteiger partial charge on any atom is 0.322 e. The van der Waals surface area contributed by atoms with Gasteiger partial charge in [0.15, 0.2) is 11.5 Å². The highest BCUT2D eigenvalue weighted by Crippen LogP contribution is 2.39. The van der Waals surface area contributed by atoms with Crippen LogP contribution in [-0.2, 0) is 0 Å². The fourth-order valence-corrected chi connectivity index (χ4v) is 3.92. The topological polar surface area (TPSA) is 101 Å². The van der Waals surface area contributed by atoms with Crippen molar-refractivity contribution in [2.45, 2.75) is 33.2 Å². The van der Waals surface area contributed by atoms with E-state index in [1.807, 2.05) is 45.0 Å². The van der Waals surface area contributed by atoms with Gasteiger partial charge in [-0.25, -0.2) is 4.79 Å². The first-order valence-corrected chi connectivity index (χ1v) is 10.5. The summed E-state index contributed by atoms with van der Waals surface area (Å²) >= 11 is 0. The van der Waals surface area contributed by atoms with E-state index >= 15 is 0 Å². The number of amides is 2. The molecule has 1 atom stereocenters. The van der Waals surface area contributed by atoms with E-state index < -0.39 is 6.04 Å². The van der Waals surface area contributed by atoms with Crippen LogP contribution in [0, 0.1) is 6.92 Å². The van der Waals surface area contributed by atoms with E-state index in [1.165, 1.54) is 7.11 Å². The number of aryl methyl sites for hydroxylation is 1. The van der Waals surface area contributed by atoms with E-state index in [9.17, 15) is 9.90 Å². The Morgan fingerprint density at radius 3 is 2.72 bits per heavy atom. The Morgan fingerprint density at radius 2 is 2.03 bits per heavy atom. The van der Waals surface area contributed by atoms with Gasteiger partial charge in [0.05, 0.1) is 18.7 Å². The maximum absolute atomic E-state index is 12.9. The number of allylic oxidation sites excluding steroid dienone is 1. The predicted molar refractivity (Wildman–Crippen MR) is 120 cm³/mol. The molecule has 2 heterocycles. The van der Waals surface area contributed by atoms with Crippen molar-refractivity contribution in [1.29, 1.82) is 0 Å². The van der Waals surface area contributed by atoms with E-state index in [0.29, 0.717) is 35.1 Å². The number of hydrogen-bond donors (Lipinski definition) is 2. The SMILES string of the molecule is CCCN1C(=O)NC(c2ccc(OC)c(O)c2)C(c2nc(-c3cccc(C)c3)no2)=C1C. The highest BCUT2D eigenvalue weighted by molar-refractivity contribution is 5.87. The summed E-state index contributed by atoms with van der Waals surface area (Å²) in [6.45, 7) is 6.44. The number of methoxy groups -OCH3 is 1. The average molecular weight is 434 g/mol. The molecule has 0 fully saturated rings. The Bertz CT molecular complexity index is 1180. The van der Waals surface area contributed by atoms with Crippen molar-refractivity contribution < 1.29 is 19.2 Å². The fourth-order valence-electron chi connectivity index (χ4n) is 3.92. The van der Waals surface area contributed by atoms with Gasteiger partial charge < -0.3 is 19.7 Å². The molecule has 1 aliphatic rings. The van der Waals surface area contributed by atoms with Gasteiger partial charge in [0, 0.05) is 17.8 Å². The van der Waals surface area contributed by atoms with Crippen LogP contribution in [0.3, 0.4) is 0 Å². The van der Waals surface area contributed by atoms with Crippen LogP contribution in [0.4, 0.5) is 4.79 Å². The maximum atomic E-state index is 12.9. The number of phenols is 1. The normalized spacial score (nSPS) is 16.3. The molecule has 4 rings (SSSR count). The second-order valence-electron chi connectivity index (χ2n) is 7.76. The number of aromatic hydroxyl groups is 1. The first-order valence-electron chi connectivity index (χ1n) is 10.5. The van der Waals surface area contributed by atoms with Crippen LogP contribution < -0.4 is 10.1 Å². The molecule has 8 heteroatoms. The Balaban J connectivity index is 1.82. The second-order valence-corrected chi connectivity index (χ2v) is 7.76. The number of carbonyl (C=O) groups excluding carboxylic acids is 1. The average Bonchev–Trinajstić information content (AvgIpc) is 3.26. The molecule has 0 bridgehead atoms. The lowest BCUT2D eigenvalue weighted by molar-refractivity contribution is 0.205. The number of rotatable bonds is 6. The Labute approximate surface area is 186 Å². The summed E-state index contributed by atoms with van der Waals surface area (Å²) in [5, 5.41) is 17.5. The molecule has 8 nitrogen and oxygen atoms in total. The molecule has 1 aliphatic heterocycles. The summed E-state index contributed by atoms with van der Waals surface area (Å²) in [7, 11) is 1.49. The van der Waals surface area contributed by atoms with Crippen molar-refractivity contribution in [3.05, 3.63) is 65.2 Å². The van der Waals surface area contributed by atoms with Crippen LogP contribution in [0.15, 0.2) is 52.7 Å². The number of nitrogens with one attached hydrogen (secondary N) is 1. The van der Waals surface area contributed by atoms with Gasteiger partial charge in [0.25, 0.3) is 5.89 Å². The number of hydrogen-bond acceptors (Lipinski definition) is 6. The molecule has 166 valence electrons. The van der Waals surface area contributed by atoms with Crippen LogP contribution in [0.25, 0.3) is 17.0 Å².